The zero-order chi connectivity index (χ0) is 14.7. The number of rotatable bonds is 3. The van der Waals surface area contributed by atoms with Crippen molar-refractivity contribution < 1.29 is 0 Å². The summed E-state index contributed by atoms with van der Waals surface area (Å²) in [4.78, 5) is 0. The van der Waals surface area contributed by atoms with Gasteiger partial charge < -0.3 is 0 Å². The Bertz CT molecular complexity index is 527. The van der Waals surface area contributed by atoms with Crippen molar-refractivity contribution in [3.8, 4) is 0 Å². The van der Waals surface area contributed by atoms with Crippen LogP contribution < -0.4 is 10.4 Å². The van der Waals surface area contributed by atoms with Crippen LogP contribution in [0.5, 0.6) is 0 Å². The first-order valence-corrected chi connectivity index (χ1v) is 11.1. The van der Waals surface area contributed by atoms with E-state index in [4.69, 9.17) is 11.1 Å². The van der Waals surface area contributed by atoms with Gasteiger partial charge in [0.25, 0.3) is 0 Å². The third kappa shape index (κ3) is 2.82. The third-order valence-corrected chi connectivity index (χ3v) is 11.4. The molecule has 0 spiro atoms. The lowest BCUT2D eigenvalue weighted by Crippen LogP contribution is -2.58. The van der Waals surface area contributed by atoms with Crippen LogP contribution in [0.15, 0.2) is 60.7 Å². The van der Waals surface area contributed by atoms with Gasteiger partial charge in [0.2, 0.25) is 7.38 Å². The summed E-state index contributed by atoms with van der Waals surface area (Å²) < 4.78 is 0. The molecule has 3 rings (SSSR count). The molecule has 2 atom stereocenters. The molecule has 2 aromatic carbocycles. The molecule has 0 saturated heterocycles. The van der Waals surface area contributed by atoms with Gasteiger partial charge in [0.15, 0.2) is 0 Å². The minimum absolute atomic E-state index is 0.637. The van der Waals surface area contributed by atoms with Gasteiger partial charge in [-0.1, -0.05) is 93.3 Å². The lowest BCUT2D eigenvalue weighted by atomic mass is 9.90. The van der Waals surface area contributed by atoms with Crippen molar-refractivity contribution in [1.29, 1.82) is 0 Å². The fraction of sp³-hybridized carbons (Fsp3) is 0.368. The molecule has 1 aliphatic rings. The summed E-state index contributed by atoms with van der Waals surface area (Å²) in [6, 6.07) is 21.7. The molecule has 0 aliphatic heterocycles. The van der Waals surface area contributed by atoms with Gasteiger partial charge in [-0.25, -0.2) is 0 Å². The maximum Gasteiger partial charge on any atom is 0.220 e. The third-order valence-electron chi connectivity index (χ3n) is 5.01. The first-order chi connectivity index (χ1) is 10.2. The summed E-state index contributed by atoms with van der Waals surface area (Å²) in [5, 5.41) is 2.74. The molecule has 1 fully saturated rings. The van der Waals surface area contributed by atoms with Gasteiger partial charge in [-0.15, -0.1) is 0 Å². The van der Waals surface area contributed by atoms with Crippen LogP contribution in [0.3, 0.4) is 0 Å². The molecule has 0 aromatic heterocycles. The summed E-state index contributed by atoms with van der Waals surface area (Å²) >= 11 is 7.50. The maximum atomic E-state index is 7.50. The number of hydrogen-bond donors (Lipinski definition) is 0. The van der Waals surface area contributed by atoms with Gasteiger partial charge in [-0.3, -0.25) is 0 Å². The highest BCUT2D eigenvalue weighted by Crippen LogP contribution is 2.42. The Kier molecular flexibility index (Phi) is 4.51. The molecule has 0 bridgehead atoms. The Balaban J connectivity index is 2.11. The zero-order valence-corrected chi connectivity index (χ0v) is 14.4. The highest BCUT2D eigenvalue weighted by Gasteiger charge is 2.46. The second kappa shape index (κ2) is 6.37. The Labute approximate surface area is 133 Å². The van der Waals surface area contributed by atoms with Crippen LogP contribution in [-0.2, 0) is 0 Å². The minimum Gasteiger partial charge on any atom is -0.155 e. The molecular weight excluding hydrogens is 292 g/mol. The Hall–Kier alpha value is -1.05. The largest absolute Gasteiger partial charge is 0.220 e. The van der Waals surface area contributed by atoms with E-state index in [1.165, 1.54) is 36.1 Å². The standard InChI is InChI=1S/C19H23ClSi/c1-16-10-8-9-15-19(16)21(20,17-11-4-2-5-12-17)18-13-6-3-7-14-18/h2-7,11-14,16,19H,8-10,15H2,1H3. The molecule has 1 aliphatic carbocycles. The molecule has 21 heavy (non-hydrogen) atoms. The van der Waals surface area contributed by atoms with E-state index in [0.717, 1.165) is 5.92 Å². The summed E-state index contributed by atoms with van der Waals surface area (Å²) in [6.45, 7) is 2.40. The lowest BCUT2D eigenvalue weighted by Gasteiger charge is -2.40. The highest BCUT2D eigenvalue weighted by atomic mass is 35.6. The van der Waals surface area contributed by atoms with Gasteiger partial charge in [0.1, 0.15) is 0 Å². The predicted octanol–water partition coefficient (Wildman–Crippen LogP) is 4.57. The monoisotopic (exact) mass is 314 g/mol. The molecule has 2 heteroatoms. The van der Waals surface area contributed by atoms with E-state index in [-0.39, 0.29) is 0 Å². The average molecular weight is 315 g/mol. The van der Waals surface area contributed by atoms with Crippen molar-refractivity contribution in [3.63, 3.8) is 0 Å². The first kappa shape index (κ1) is 14.9. The van der Waals surface area contributed by atoms with Gasteiger partial charge in [-0.2, -0.15) is 11.1 Å². The van der Waals surface area contributed by atoms with Crippen LogP contribution in [-0.4, -0.2) is 7.38 Å². The predicted molar refractivity (Wildman–Crippen MR) is 95.1 cm³/mol. The summed E-state index contributed by atoms with van der Waals surface area (Å²) in [5.41, 5.74) is 0.637. The number of halogens is 1. The Morgan fingerprint density at radius 1 is 0.810 bits per heavy atom. The van der Waals surface area contributed by atoms with Crippen LogP contribution in [0.2, 0.25) is 5.54 Å². The zero-order valence-electron chi connectivity index (χ0n) is 12.6. The van der Waals surface area contributed by atoms with E-state index < -0.39 is 7.38 Å². The lowest BCUT2D eigenvalue weighted by molar-refractivity contribution is 0.380. The van der Waals surface area contributed by atoms with Crippen molar-refractivity contribution in [1.82, 2.24) is 0 Å². The van der Waals surface area contributed by atoms with Crippen molar-refractivity contribution in [2.24, 2.45) is 5.92 Å². The number of benzene rings is 2. The fourth-order valence-electron chi connectivity index (χ4n) is 3.86. The Morgan fingerprint density at radius 3 is 1.76 bits per heavy atom. The summed E-state index contributed by atoms with van der Waals surface area (Å²) in [5.74, 6) is 0.725. The molecular formula is C19H23ClSi. The van der Waals surface area contributed by atoms with E-state index in [2.05, 4.69) is 67.6 Å². The SMILES string of the molecule is CC1CCCCC1[Si](Cl)(c1ccccc1)c1ccccc1. The molecule has 0 radical (unpaired) electrons. The normalized spacial score (nSPS) is 23.0. The first-order valence-electron chi connectivity index (χ1n) is 8.03. The molecule has 0 N–H and O–H groups in total. The van der Waals surface area contributed by atoms with E-state index >= 15 is 0 Å². The molecule has 2 unspecified atom stereocenters. The summed E-state index contributed by atoms with van der Waals surface area (Å²) in [6.07, 6.45) is 5.30. The topological polar surface area (TPSA) is 0 Å². The molecule has 0 nitrogen and oxygen atoms in total. The molecule has 110 valence electrons. The van der Waals surface area contributed by atoms with Gasteiger partial charge in [-0.05, 0) is 21.8 Å². The van der Waals surface area contributed by atoms with E-state index in [0.29, 0.717) is 5.54 Å². The highest BCUT2D eigenvalue weighted by molar-refractivity contribution is 7.34. The van der Waals surface area contributed by atoms with Crippen LogP contribution in [0.4, 0.5) is 0 Å². The van der Waals surface area contributed by atoms with E-state index in [1.54, 1.807) is 0 Å². The smallest absolute Gasteiger partial charge is 0.155 e. The van der Waals surface area contributed by atoms with Crippen LogP contribution >= 0.6 is 11.1 Å². The second-order valence-electron chi connectivity index (χ2n) is 6.31. The fourth-order valence-corrected chi connectivity index (χ4v) is 9.69. The summed E-state index contributed by atoms with van der Waals surface area (Å²) in [7, 11) is -2.19. The second-order valence-corrected chi connectivity index (χ2v) is 11.4. The Morgan fingerprint density at radius 2 is 1.29 bits per heavy atom. The molecule has 2 aromatic rings. The number of hydrogen-bond acceptors (Lipinski definition) is 0. The van der Waals surface area contributed by atoms with E-state index in [1.807, 2.05) is 0 Å². The van der Waals surface area contributed by atoms with Gasteiger partial charge in [0.05, 0.1) is 0 Å². The molecule has 1 saturated carbocycles. The van der Waals surface area contributed by atoms with E-state index in [9.17, 15) is 0 Å². The molecule has 0 heterocycles. The van der Waals surface area contributed by atoms with Crippen molar-refractivity contribution in [3.05, 3.63) is 60.7 Å². The minimum atomic E-state index is -2.19. The van der Waals surface area contributed by atoms with Crippen molar-refractivity contribution in [2.75, 3.05) is 0 Å². The average Bonchev–Trinajstić information content (AvgIpc) is 2.56. The van der Waals surface area contributed by atoms with Gasteiger partial charge >= 0.3 is 0 Å². The maximum absolute atomic E-state index is 7.50. The quantitative estimate of drug-likeness (QED) is 0.575. The molecule has 0 amide bonds. The van der Waals surface area contributed by atoms with Crippen LogP contribution in [0, 0.1) is 5.92 Å². The van der Waals surface area contributed by atoms with Crippen LogP contribution in [0.1, 0.15) is 32.6 Å². The van der Waals surface area contributed by atoms with Crippen molar-refractivity contribution in [2.45, 2.75) is 38.1 Å². The van der Waals surface area contributed by atoms with Gasteiger partial charge in [0, 0.05) is 0 Å². The van der Waals surface area contributed by atoms with Crippen LogP contribution in [0.25, 0.3) is 0 Å². The van der Waals surface area contributed by atoms with Crippen molar-refractivity contribution >= 4 is 28.8 Å².